The summed E-state index contributed by atoms with van der Waals surface area (Å²) in [6.07, 6.45) is 1.79. The number of nitrogens with two attached hydrogens (primary N) is 1. The van der Waals surface area contributed by atoms with Crippen molar-refractivity contribution in [2.45, 2.75) is 32.7 Å². The Hall–Kier alpha value is -1.84. The van der Waals surface area contributed by atoms with Gasteiger partial charge in [-0.15, -0.1) is 0 Å². The van der Waals surface area contributed by atoms with Crippen molar-refractivity contribution in [1.82, 2.24) is 5.43 Å². The van der Waals surface area contributed by atoms with Gasteiger partial charge < -0.3 is 4.74 Å². The van der Waals surface area contributed by atoms with Crippen molar-refractivity contribution in [3.05, 3.63) is 65.2 Å². The van der Waals surface area contributed by atoms with Gasteiger partial charge in [0, 0.05) is 6.04 Å². The van der Waals surface area contributed by atoms with E-state index in [0.717, 1.165) is 18.6 Å². The summed E-state index contributed by atoms with van der Waals surface area (Å²) in [7, 11) is 0. The molecular weight excluding hydrogens is 260 g/mol. The van der Waals surface area contributed by atoms with Gasteiger partial charge >= 0.3 is 0 Å². The van der Waals surface area contributed by atoms with Crippen molar-refractivity contribution in [2.24, 2.45) is 5.84 Å². The Balaban J connectivity index is 1.85. The van der Waals surface area contributed by atoms with Gasteiger partial charge in [-0.2, -0.15) is 0 Å². The molecule has 0 amide bonds. The molecule has 1 atom stereocenters. The molecule has 0 heterocycles. The minimum Gasteiger partial charge on any atom is -0.494 e. The lowest BCUT2D eigenvalue weighted by Gasteiger charge is -2.17. The average Bonchev–Trinajstić information content (AvgIpc) is 2.46. The van der Waals surface area contributed by atoms with Crippen LogP contribution in [0.2, 0.25) is 0 Å². The number of hydrogen-bond donors (Lipinski definition) is 2. The predicted octanol–water partition coefficient (Wildman–Crippen LogP) is 3.15. The fraction of sp³-hybridized carbons (Fsp3) is 0.333. The molecule has 1 unspecified atom stereocenters. The summed E-state index contributed by atoms with van der Waals surface area (Å²) in [6, 6.07) is 16.7. The van der Waals surface area contributed by atoms with Crippen LogP contribution in [0.3, 0.4) is 0 Å². The highest BCUT2D eigenvalue weighted by Gasteiger charge is 2.09. The average molecular weight is 284 g/mol. The Kier molecular flexibility index (Phi) is 5.78. The van der Waals surface area contributed by atoms with Gasteiger partial charge in [-0.1, -0.05) is 47.5 Å². The van der Waals surface area contributed by atoms with E-state index in [2.05, 4.69) is 37.5 Å². The molecule has 0 aromatic heterocycles. The lowest BCUT2D eigenvalue weighted by Crippen LogP contribution is -2.38. The highest BCUT2D eigenvalue weighted by atomic mass is 16.5. The summed E-state index contributed by atoms with van der Waals surface area (Å²) in [6.45, 7) is 4.91. The molecule has 2 rings (SSSR count). The van der Waals surface area contributed by atoms with E-state index in [1.165, 1.54) is 16.7 Å². The normalized spacial score (nSPS) is 12.1. The summed E-state index contributed by atoms with van der Waals surface area (Å²) in [5, 5.41) is 0. The minimum atomic E-state index is 0.218. The maximum absolute atomic E-state index is 5.73. The van der Waals surface area contributed by atoms with Crippen molar-refractivity contribution >= 4 is 0 Å². The molecule has 3 heteroatoms. The van der Waals surface area contributed by atoms with E-state index in [0.29, 0.717) is 6.61 Å². The van der Waals surface area contributed by atoms with Gasteiger partial charge in [0.1, 0.15) is 5.75 Å². The monoisotopic (exact) mass is 284 g/mol. The third-order valence-corrected chi connectivity index (χ3v) is 3.48. The Morgan fingerprint density at radius 2 is 1.71 bits per heavy atom. The van der Waals surface area contributed by atoms with Crippen LogP contribution in [0.4, 0.5) is 0 Å². The largest absolute Gasteiger partial charge is 0.494 e. The smallest absolute Gasteiger partial charge is 0.119 e. The molecule has 0 fully saturated rings. The highest BCUT2D eigenvalue weighted by molar-refractivity contribution is 5.29. The molecule has 2 aromatic rings. The second-order valence-corrected chi connectivity index (χ2v) is 5.51. The summed E-state index contributed by atoms with van der Waals surface area (Å²) in [5.41, 5.74) is 6.80. The molecule has 0 spiro atoms. The molecule has 21 heavy (non-hydrogen) atoms. The lowest BCUT2D eigenvalue weighted by atomic mass is 10.00. The Bertz CT molecular complexity index is 534. The van der Waals surface area contributed by atoms with Gasteiger partial charge in [0.15, 0.2) is 0 Å². The number of aryl methyl sites for hydroxylation is 2. The van der Waals surface area contributed by atoms with Crippen LogP contribution in [0.5, 0.6) is 5.75 Å². The zero-order valence-corrected chi connectivity index (χ0v) is 12.8. The highest BCUT2D eigenvalue weighted by Crippen LogP contribution is 2.13. The first-order valence-electron chi connectivity index (χ1n) is 7.38. The Morgan fingerprint density at radius 1 is 1.05 bits per heavy atom. The van der Waals surface area contributed by atoms with E-state index in [4.69, 9.17) is 10.6 Å². The molecular formula is C18H24N2O. The second-order valence-electron chi connectivity index (χ2n) is 5.51. The molecule has 3 N–H and O–H groups in total. The number of nitrogens with one attached hydrogen (secondary N) is 1. The number of hydrogen-bond acceptors (Lipinski definition) is 3. The van der Waals surface area contributed by atoms with Crippen molar-refractivity contribution in [3.63, 3.8) is 0 Å². The zero-order chi connectivity index (χ0) is 15.1. The van der Waals surface area contributed by atoms with Crippen molar-refractivity contribution in [1.29, 1.82) is 0 Å². The summed E-state index contributed by atoms with van der Waals surface area (Å²) in [5.74, 6) is 6.57. The predicted molar refractivity (Wildman–Crippen MR) is 87.3 cm³/mol. The number of ether oxygens (including phenoxy) is 1. The number of rotatable bonds is 7. The zero-order valence-electron chi connectivity index (χ0n) is 12.8. The van der Waals surface area contributed by atoms with Gasteiger partial charge in [-0.05, 0) is 44.4 Å². The van der Waals surface area contributed by atoms with E-state index < -0.39 is 0 Å². The molecule has 0 saturated heterocycles. The van der Waals surface area contributed by atoms with E-state index in [1.54, 1.807) is 0 Å². The SMILES string of the molecule is Cc1cc(C)cc(CC(CCOc2ccccc2)NN)c1. The van der Waals surface area contributed by atoms with Crippen LogP contribution in [-0.2, 0) is 6.42 Å². The molecule has 0 bridgehead atoms. The van der Waals surface area contributed by atoms with Crippen LogP contribution in [0.1, 0.15) is 23.1 Å². The van der Waals surface area contributed by atoms with Crippen molar-refractivity contribution in [3.8, 4) is 5.75 Å². The fourth-order valence-electron chi connectivity index (χ4n) is 2.55. The van der Waals surface area contributed by atoms with E-state index in [9.17, 15) is 0 Å². The Labute approximate surface area is 127 Å². The first-order chi connectivity index (χ1) is 10.2. The van der Waals surface area contributed by atoms with Crippen LogP contribution in [0.15, 0.2) is 48.5 Å². The van der Waals surface area contributed by atoms with Gasteiger partial charge in [0.2, 0.25) is 0 Å². The van der Waals surface area contributed by atoms with E-state index in [-0.39, 0.29) is 6.04 Å². The fourth-order valence-corrected chi connectivity index (χ4v) is 2.55. The maximum Gasteiger partial charge on any atom is 0.119 e. The third kappa shape index (κ3) is 5.21. The van der Waals surface area contributed by atoms with Crippen molar-refractivity contribution < 1.29 is 4.74 Å². The molecule has 0 radical (unpaired) electrons. The lowest BCUT2D eigenvalue weighted by molar-refractivity contribution is 0.285. The number of para-hydroxylation sites is 1. The molecule has 0 aliphatic heterocycles. The standard InChI is InChI=1S/C18H24N2O/c1-14-10-15(2)12-16(11-14)13-17(20-19)8-9-21-18-6-4-3-5-7-18/h3-7,10-12,17,20H,8-9,13,19H2,1-2H3. The van der Waals surface area contributed by atoms with Gasteiger partial charge in [-0.3, -0.25) is 11.3 Å². The first-order valence-corrected chi connectivity index (χ1v) is 7.38. The molecule has 112 valence electrons. The summed E-state index contributed by atoms with van der Waals surface area (Å²) < 4.78 is 5.73. The third-order valence-electron chi connectivity index (χ3n) is 3.48. The van der Waals surface area contributed by atoms with Crippen LogP contribution >= 0.6 is 0 Å². The maximum atomic E-state index is 5.73. The van der Waals surface area contributed by atoms with Crippen LogP contribution in [0.25, 0.3) is 0 Å². The molecule has 0 aliphatic carbocycles. The van der Waals surface area contributed by atoms with E-state index in [1.807, 2.05) is 30.3 Å². The van der Waals surface area contributed by atoms with Gasteiger partial charge in [-0.25, -0.2) is 0 Å². The van der Waals surface area contributed by atoms with Gasteiger partial charge in [0.05, 0.1) is 6.61 Å². The molecule has 0 saturated carbocycles. The topological polar surface area (TPSA) is 47.3 Å². The number of hydrazine groups is 1. The second kappa shape index (κ2) is 7.81. The summed E-state index contributed by atoms with van der Waals surface area (Å²) >= 11 is 0. The van der Waals surface area contributed by atoms with Crippen LogP contribution in [-0.4, -0.2) is 12.6 Å². The molecule has 3 nitrogen and oxygen atoms in total. The summed E-state index contributed by atoms with van der Waals surface area (Å²) in [4.78, 5) is 0. The Morgan fingerprint density at radius 3 is 2.33 bits per heavy atom. The van der Waals surface area contributed by atoms with Crippen LogP contribution in [0, 0.1) is 13.8 Å². The number of benzene rings is 2. The molecule has 2 aromatic carbocycles. The molecule has 0 aliphatic rings. The van der Waals surface area contributed by atoms with Crippen LogP contribution < -0.4 is 16.0 Å². The van der Waals surface area contributed by atoms with Crippen molar-refractivity contribution in [2.75, 3.05) is 6.61 Å². The first kappa shape index (κ1) is 15.5. The minimum absolute atomic E-state index is 0.218. The quantitative estimate of drug-likeness (QED) is 0.606. The van der Waals surface area contributed by atoms with E-state index >= 15 is 0 Å². The van der Waals surface area contributed by atoms with Gasteiger partial charge in [0.25, 0.3) is 0 Å².